The molecule has 142 valence electrons. The number of carboxylic acids is 1. The number of anilines is 1. The molecule has 1 aromatic rings. The molecule has 3 rings (SSSR count). The summed E-state index contributed by atoms with van der Waals surface area (Å²) in [6, 6.07) is 7.36. The maximum absolute atomic E-state index is 12.6. The molecule has 7 heteroatoms. The van der Waals surface area contributed by atoms with E-state index in [9.17, 15) is 13.8 Å². The summed E-state index contributed by atoms with van der Waals surface area (Å²) in [5, 5.41) is 12.0. The van der Waals surface area contributed by atoms with Crippen LogP contribution in [0.25, 0.3) is 0 Å². The van der Waals surface area contributed by atoms with E-state index in [0.717, 1.165) is 31.2 Å². The monoisotopic (exact) mass is 379 g/mol. The normalized spacial score (nSPS) is 24.9. The summed E-state index contributed by atoms with van der Waals surface area (Å²) in [7, 11) is -0.893. The van der Waals surface area contributed by atoms with Crippen molar-refractivity contribution in [3.05, 3.63) is 29.8 Å². The Morgan fingerprint density at radius 3 is 2.54 bits per heavy atom. The second kappa shape index (κ2) is 8.77. The summed E-state index contributed by atoms with van der Waals surface area (Å²) in [4.78, 5) is 23.2. The van der Waals surface area contributed by atoms with Crippen LogP contribution < -0.4 is 5.32 Å². The van der Waals surface area contributed by atoms with Crippen molar-refractivity contribution in [1.29, 1.82) is 0 Å². The van der Waals surface area contributed by atoms with E-state index in [-0.39, 0.29) is 11.2 Å². The number of aliphatic carboxylic acids is 1. The molecule has 2 N–H and O–H groups in total. The smallest absolute Gasteiger partial charge is 0.332 e. The quantitative estimate of drug-likeness (QED) is 0.793. The van der Waals surface area contributed by atoms with Crippen molar-refractivity contribution in [3.8, 4) is 0 Å². The van der Waals surface area contributed by atoms with Crippen LogP contribution in [-0.2, 0) is 30.9 Å². The molecule has 26 heavy (non-hydrogen) atoms. The van der Waals surface area contributed by atoms with Crippen LogP contribution in [0.4, 0.5) is 5.69 Å². The largest absolute Gasteiger partial charge is 0.479 e. The van der Waals surface area contributed by atoms with Gasteiger partial charge in [0.2, 0.25) is 0 Å². The fraction of sp³-hybridized carbons (Fsp3) is 0.579. The number of carbonyl (C=O) groups is 2. The highest BCUT2D eigenvalue weighted by molar-refractivity contribution is 7.84. The summed E-state index contributed by atoms with van der Waals surface area (Å²) in [6.45, 7) is 0. The third kappa shape index (κ3) is 4.92. The summed E-state index contributed by atoms with van der Waals surface area (Å²) >= 11 is 0. The Kier molecular flexibility index (Phi) is 6.43. The first-order valence-electron chi connectivity index (χ1n) is 9.18. The Morgan fingerprint density at radius 2 is 1.85 bits per heavy atom. The lowest BCUT2D eigenvalue weighted by Gasteiger charge is -2.21. The third-order valence-corrected chi connectivity index (χ3v) is 6.85. The standard InChI is InChI=1S/C19H25NO5S/c21-18(16-9-10-17(25-16)19(22)23)20-14-6-4-5-13(11-14)12-26(24)15-7-2-1-3-8-15/h4-6,11,15-17H,1-3,7-10,12H2,(H,20,21)(H,22,23)/t16-,17+,26?/m0/s1. The van der Waals surface area contributed by atoms with E-state index in [0.29, 0.717) is 24.3 Å². The Labute approximate surface area is 155 Å². The zero-order valence-corrected chi connectivity index (χ0v) is 15.5. The summed E-state index contributed by atoms with van der Waals surface area (Å²) in [6.07, 6.45) is 4.71. The van der Waals surface area contributed by atoms with Gasteiger partial charge in [-0.15, -0.1) is 0 Å². The van der Waals surface area contributed by atoms with Crippen LogP contribution in [-0.4, -0.2) is 38.6 Å². The number of rotatable bonds is 6. The number of hydrogen-bond acceptors (Lipinski definition) is 4. The molecule has 6 nitrogen and oxygen atoms in total. The van der Waals surface area contributed by atoms with Crippen LogP contribution in [0.15, 0.2) is 24.3 Å². The molecule has 1 aliphatic carbocycles. The summed E-state index contributed by atoms with van der Waals surface area (Å²) < 4.78 is 17.8. The van der Waals surface area contributed by atoms with Gasteiger partial charge >= 0.3 is 5.97 Å². The van der Waals surface area contributed by atoms with Crippen molar-refractivity contribution in [2.24, 2.45) is 0 Å². The molecule has 0 radical (unpaired) electrons. The van der Waals surface area contributed by atoms with Gasteiger partial charge in [0.05, 0.1) is 0 Å². The van der Waals surface area contributed by atoms with E-state index in [1.54, 1.807) is 6.07 Å². The number of carboxylic acid groups (broad SMARTS) is 1. The lowest BCUT2D eigenvalue weighted by atomic mass is 10.0. The molecule has 0 spiro atoms. The molecule has 2 fully saturated rings. The second-order valence-corrected chi connectivity index (χ2v) is 8.72. The number of benzene rings is 1. The Bertz CT molecular complexity index is 686. The zero-order valence-electron chi connectivity index (χ0n) is 14.7. The van der Waals surface area contributed by atoms with Gasteiger partial charge in [-0.2, -0.15) is 0 Å². The van der Waals surface area contributed by atoms with Crippen LogP contribution in [0.5, 0.6) is 0 Å². The zero-order chi connectivity index (χ0) is 18.5. The predicted molar refractivity (Wildman–Crippen MR) is 99.3 cm³/mol. The molecular formula is C19H25NO5S. The average Bonchev–Trinajstić information content (AvgIpc) is 3.13. The maximum atomic E-state index is 12.6. The maximum Gasteiger partial charge on any atom is 0.332 e. The molecule has 2 aliphatic rings. The van der Waals surface area contributed by atoms with Crippen LogP contribution in [0.2, 0.25) is 0 Å². The molecule has 1 saturated carbocycles. The highest BCUT2D eigenvalue weighted by Crippen LogP contribution is 2.25. The lowest BCUT2D eigenvalue weighted by Crippen LogP contribution is -2.30. The van der Waals surface area contributed by atoms with Crippen LogP contribution in [0.3, 0.4) is 0 Å². The van der Waals surface area contributed by atoms with Gasteiger partial charge in [0.1, 0.15) is 6.10 Å². The fourth-order valence-corrected chi connectivity index (χ4v) is 5.19. The minimum Gasteiger partial charge on any atom is -0.479 e. The van der Waals surface area contributed by atoms with Gasteiger partial charge in [0, 0.05) is 27.5 Å². The molecule has 3 atom stereocenters. The van der Waals surface area contributed by atoms with Gasteiger partial charge in [0.15, 0.2) is 6.10 Å². The Hall–Kier alpha value is -1.73. The van der Waals surface area contributed by atoms with E-state index in [4.69, 9.17) is 9.84 Å². The van der Waals surface area contributed by atoms with Crippen molar-refractivity contribution in [2.75, 3.05) is 5.32 Å². The molecule has 1 saturated heterocycles. The molecule has 0 bridgehead atoms. The highest BCUT2D eigenvalue weighted by atomic mass is 32.2. The van der Waals surface area contributed by atoms with Crippen molar-refractivity contribution in [3.63, 3.8) is 0 Å². The Balaban J connectivity index is 1.56. The third-order valence-electron chi connectivity index (χ3n) is 5.01. The number of amides is 1. The van der Waals surface area contributed by atoms with Gasteiger partial charge < -0.3 is 15.2 Å². The van der Waals surface area contributed by atoms with Crippen LogP contribution in [0.1, 0.15) is 50.5 Å². The van der Waals surface area contributed by atoms with Crippen molar-refractivity contribution >= 4 is 28.4 Å². The lowest BCUT2D eigenvalue weighted by molar-refractivity contribution is -0.150. The van der Waals surface area contributed by atoms with Gasteiger partial charge in [-0.1, -0.05) is 31.4 Å². The topological polar surface area (TPSA) is 92.7 Å². The van der Waals surface area contributed by atoms with E-state index >= 15 is 0 Å². The predicted octanol–water partition coefficient (Wildman–Crippen LogP) is 2.84. The number of carbonyl (C=O) groups excluding carboxylic acids is 1. The van der Waals surface area contributed by atoms with E-state index < -0.39 is 29.0 Å². The van der Waals surface area contributed by atoms with Crippen LogP contribution >= 0.6 is 0 Å². The van der Waals surface area contributed by atoms with Crippen molar-refractivity contribution in [2.45, 2.75) is 68.2 Å². The van der Waals surface area contributed by atoms with Gasteiger partial charge in [0.25, 0.3) is 5.91 Å². The van der Waals surface area contributed by atoms with Crippen molar-refractivity contribution in [1.82, 2.24) is 0 Å². The first-order chi connectivity index (χ1) is 12.5. The van der Waals surface area contributed by atoms with E-state index in [1.807, 2.05) is 18.2 Å². The molecule has 0 aromatic heterocycles. The van der Waals surface area contributed by atoms with E-state index in [2.05, 4.69) is 5.32 Å². The molecule has 1 unspecified atom stereocenters. The molecule has 1 aromatic carbocycles. The first kappa shape index (κ1) is 19.0. The average molecular weight is 379 g/mol. The first-order valence-corrected chi connectivity index (χ1v) is 10.6. The molecule has 1 amide bonds. The van der Waals surface area contributed by atoms with Gasteiger partial charge in [-0.3, -0.25) is 9.00 Å². The number of hydrogen-bond donors (Lipinski definition) is 2. The highest BCUT2D eigenvalue weighted by Gasteiger charge is 2.34. The number of ether oxygens (including phenoxy) is 1. The van der Waals surface area contributed by atoms with Gasteiger partial charge in [-0.25, -0.2) is 4.79 Å². The van der Waals surface area contributed by atoms with Crippen LogP contribution in [0, 0.1) is 0 Å². The summed E-state index contributed by atoms with van der Waals surface area (Å²) in [5.74, 6) is -0.873. The Morgan fingerprint density at radius 1 is 1.12 bits per heavy atom. The van der Waals surface area contributed by atoms with Crippen molar-refractivity contribution < 1.29 is 23.6 Å². The fourth-order valence-electron chi connectivity index (χ4n) is 3.58. The molecule has 1 heterocycles. The molecule has 1 aliphatic heterocycles. The van der Waals surface area contributed by atoms with E-state index in [1.165, 1.54) is 6.42 Å². The number of nitrogens with one attached hydrogen (secondary N) is 1. The summed E-state index contributed by atoms with van der Waals surface area (Å²) in [5.41, 5.74) is 1.55. The second-order valence-electron chi connectivity index (χ2n) is 7.00. The minimum atomic E-state index is -1.03. The molecular weight excluding hydrogens is 354 g/mol. The van der Waals surface area contributed by atoms with Gasteiger partial charge in [-0.05, 0) is 43.4 Å². The SMILES string of the molecule is O=C(Nc1cccc(CS(=O)C2CCCCC2)c1)[C@@H]1CC[C@H](C(=O)O)O1. The minimum absolute atomic E-state index is 0.279.